The minimum Gasteiger partial charge on any atom is -0.469 e. The van der Waals surface area contributed by atoms with E-state index in [9.17, 15) is 9.59 Å². The summed E-state index contributed by atoms with van der Waals surface area (Å²) in [7, 11) is 0. The summed E-state index contributed by atoms with van der Waals surface area (Å²) in [5.41, 5.74) is 1.70. The second-order valence-corrected chi connectivity index (χ2v) is 7.26. The summed E-state index contributed by atoms with van der Waals surface area (Å²) in [4.78, 5) is 23.9. The Labute approximate surface area is 173 Å². The smallest absolute Gasteiger partial charge is 0.321 e. The van der Waals surface area contributed by atoms with Gasteiger partial charge in [0.2, 0.25) is 5.91 Å². The van der Waals surface area contributed by atoms with Crippen molar-refractivity contribution in [1.29, 1.82) is 0 Å². The number of para-hydroxylation sites is 1. The van der Waals surface area contributed by atoms with Crippen LogP contribution in [0.25, 0.3) is 17.1 Å². The van der Waals surface area contributed by atoms with Crippen molar-refractivity contribution in [3.63, 3.8) is 0 Å². The number of rotatable bonds is 8. The van der Waals surface area contributed by atoms with Gasteiger partial charge < -0.3 is 9.73 Å². The normalized spacial score (nSPS) is 10.7. The first-order valence-corrected chi connectivity index (χ1v) is 10.3. The van der Waals surface area contributed by atoms with Gasteiger partial charge in [0.05, 0.1) is 17.6 Å². The number of hydrogen-bond donors (Lipinski definition) is 2. The average molecular weight is 414 g/mol. The van der Waals surface area contributed by atoms with E-state index in [-0.39, 0.29) is 5.75 Å². The van der Waals surface area contributed by atoms with Crippen molar-refractivity contribution in [1.82, 2.24) is 25.4 Å². The Kier molecular flexibility index (Phi) is 7.07. The van der Waals surface area contributed by atoms with Gasteiger partial charge in [-0.25, -0.2) is 4.79 Å². The minimum absolute atomic E-state index is 0.0382. The number of carbonyl (C=O) groups is 2. The summed E-state index contributed by atoms with van der Waals surface area (Å²) in [5.74, 6) is 0.999. The zero-order chi connectivity index (χ0) is 20.6. The van der Waals surface area contributed by atoms with Crippen LogP contribution < -0.4 is 10.6 Å². The molecule has 0 saturated carbocycles. The van der Waals surface area contributed by atoms with Crippen LogP contribution in [-0.4, -0.2) is 39.0 Å². The zero-order valence-electron chi connectivity index (χ0n) is 16.3. The van der Waals surface area contributed by atoms with Gasteiger partial charge >= 0.3 is 6.03 Å². The quantitative estimate of drug-likeness (QED) is 0.432. The van der Waals surface area contributed by atoms with Crippen molar-refractivity contribution in [2.75, 3.05) is 12.3 Å². The zero-order valence-corrected chi connectivity index (χ0v) is 17.2. The maximum absolute atomic E-state index is 12.1. The number of carbonyl (C=O) groups excluding carboxylic acids is 2. The Balaban J connectivity index is 1.75. The number of aryl methyl sites for hydroxylation is 1. The maximum Gasteiger partial charge on any atom is 0.321 e. The van der Waals surface area contributed by atoms with Crippen LogP contribution in [0.1, 0.15) is 25.5 Å². The van der Waals surface area contributed by atoms with Crippen molar-refractivity contribution >= 4 is 23.7 Å². The third-order valence-corrected chi connectivity index (χ3v) is 5.08. The van der Waals surface area contributed by atoms with Crippen LogP contribution in [0.3, 0.4) is 0 Å². The second kappa shape index (κ2) is 9.92. The molecule has 0 bridgehead atoms. The van der Waals surface area contributed by atoms with Gasteiger partial charge in [0.15, 0.2) is 11.0 Å². The molecular formula is C20H23N5O3S. The van der Waals surface area contributed by atoms with E-state index in [1.54, 1.807) is 6.26 Å². The van der Waals surface area contributed by atoms with Crippen LogP contribution in [-0.2, 0) is 4.79 Å². The van der Waals surface area contributed by atoms with E-state index in [1.807, 2.05) is 54.8 Å². The molecule has 8 nitrogen and oxygen atoms in total. The summed E-state index contributed by atoms with van der Waals surface area (Å²) < 4.78 is 7.28. The molecule has 0 aliphatic heterocycles. The highest BCUT2D eigenvalue weighted by molar-refractivity contribution is 7.99. The summed E-state index contributed by atoms with van der Waals surface area (Å²) in [6.07, 6.45) is 3.44. The third kappa shape index (κ3) is 5.26. The number of nitrogens with one attached hydrogen (secondary N) is 2. The van der Waals surface area contributed by atoms with E-state index in [0.29, 0.717) is 17.5 Å². The van der Waals surface area contributed by atoms with Crippen molar-refractivity contribution in [3.8, 4) is 17.1 Å². The first-order valence-electron chi connectivity index (χ1n) is 9.36. The molecular weight excluding hydrogens is 390 g/mol. The molecule has 0 aliphatic rings. The number of unbranched alkanes of at least 4 members (excludes halogenated alkanes) is 1. The van der Waals surface area contributed by atoms with Crippen LogP contribution in [0, 0.1) is 6.92 Å². The molecule has 3 amide bonds. The molecule has 0 saturated heterocycles. The lowest BCUT2D eigenvalue weighted by atomic mass is 10.2. The molecule has 0 atom stereocenters. The molecule has 0 radical (unpaired) electrons. The molecule has 0 aliphatic carbocycles. The molecule has 2 heterocycles. The van der Waals surface area contributed by atoms with E-state index in [0.717, 1.165) is 29.9 Å². The molecule has 2 N–H and O–H groups in total. The van der Waals surface area contributed by atoms with E-state index in [2.05, 4.69) is 20.8 Å². The summed E-state index contributed by atoms with van der Waals surface area (Å²) in [6, 6.07) is 11.0. The lowest BCUT2D eigenvalue weighted by molar-refractivity contribution is -0.117. The number of nitrogens with zero attached hydrogens (tertiary/aromatic N) is 3. The SMILES string of the molecule is CCCCNC(=O)NC(=O)CSc1nnc(-c2ccoc2C)n1-c1ccccc1. The standard InChI is InChI=1S/C20H23N5O3S/c1-3-4-11-21-19(27)22-17(26)13-29-20-24-23-18(16-10-12-28-14(16)2)25(20)15-8-6-5-7-9-15/h5-10,12H,3-4,11,13H2,1-2H3,(H2,21,22,26,27). The Bertz CT molecular complexity index is 968. The van der Waals surface area contributed by atoms with Crippen LogP contribution >= 0.6 is 11.8 Å². The molecule has 0 unspecified atom stereocenters. The minimum atomic E-state index is -0.483. The van der Waals surface area contributed by atoms with Gasteiger partial charge in [0, 0.05) is 12.2 Å². The number of aromatic nitrogens is 3. The van der Waals surface area contributed by atoms with Gasteiger partial charge in [-0.3, -0.25) is 14.7 Å². The van der Waals surface area contributed by atoms with Crippen LogP contribution in [0.5, 0.6) is 0 Å². The molecule has 3 aromatic rings. The molecule has 152 valence electrons. The number of amides is 3. The maximum atomic E-state index is 12.1. The monoisotopic (exact) mass is 413 g/mol. The highest BCUT2D eigenvalue weighted by atomic mass is 32.2. The summed E-state index contributed by atoms with van der Waals surface area (Å²) in [6.45, 7) is 4.43. The Morgan fingerprint density at radius 1 is 1.17 bits per heavy atom. The van der Waals surface area contributed by atoms with E-state index >= 15 is 0 Å². The fourth-order valence-electron chi connectivity index (χ4n) is 2.68. The van der Waals surface area contributed by atoms with Gasteiger partial charge in [0.25, 0.3) is 0 Å². The lowest BCUT2D eigenvalue weighted by Crippen LogP contribution is -2.40. The highest BCUT2D eigenvalue weighted by Crippen LogP contribution is 2.30. The van der Waals surface area contributed by atoms with E-state index in [1.165, 1.54) is 11.8 Å². The van der Waals surface area contributed by atoms with Crippen LogP contribution in [0.15, 0.2) is 52.2 Å². The molecule has 1 aromatic carbocycles. The van der Waals surface area contributed by atoms with Crippen molar-refractivity contribution in [2.24, 2.45) is 0 Å². The van der Waals surface area contributed by atoms with Crippen LogP contribution in [0.2, 0.25) is 0 Å². The number of hydrogen-bond acceptors (Lipinski definition) is 6. The van der Waals surface area contributed by atoms with Gasteiger partial charge in [-0.2, -0.15) is 0 Å². The van der Waals surface area contributed by atoms with Crippen LogP contribution in [0.4, 0.5) is 4.79 Å². The van der Waals surface area contributed by atoms with Gasteiger partial charge in [-0.1, -0.05) is 43.3 Å². The van der Waals surface area contributed by atoms with Crippen molar-refractivity contribution in [2.45, 2.75) is 31.8 Å². The van der Waals surface area contributed by atoms with Crippen molar-refractivity contribution in [3.05, 3.63) is 48.4 Å². The summed E-state index contributed by atoms with van der Waals surface area (Å²) in [5, 5.41) is 14.1. The van der Waals surface area contributed by atoms with Gasteiger partial charge in [0.1, 0.15) is 5.76 Å². The average Bonchev–Trinajstić information content (AvgIpc) is 3.32. The second-order valence-electron chi connectivity index (χ2n) is 6.31. The van der Waals surface area contributed by atoms with Gasteiger partial charge in [-0.05, 0) is 31.5 Å². The molecule has 0 fully saturated rings. The largest absolute Gasteiger partial charge is 0.469 e. The number of urea groups is 1. The molecule has 2 aromatic heterocycles. The summed E-state index contributed by atoms with van der Waals surface area (Å²) >= 11 is 1.21. The predicted octanol–water partition coefficient (Wildman–Crippen LogP) is 3.55. The Morgan fingerprint density at radius 3 is 2.66 bits per heavy atom. The lowest BCUT2D eigenvalue weighted by Gasteiger charge is -2.10. The molecule has 3 rings (SSSR count). The number of benzene rings is 1. The highest BCUT2D eigenvalue weighted by Gasteiger charge is 2.20. The number of thioether (sulfide) groups is 1. The van der Waals surface area contributed by atoms with E-state index < -0.39 is 11.9 Å². The Hall–Kier alpha value is -3.07. The number of furan rings is 1. The molecule has 9 heteroatoms. The van der Waals surface area contributed by atoms with Crippen molar-refractivity contribution < 1.29 is 14.0 Å². The first-order chi connectivity index (χ1) is 14.1. The van der Waals surface area contributed by atoms with E-state index in [4.69, 9.17) is 4.42 Å². The topological polar surface area (TPSA) is 102 Å². The predicted molar refractivity (Wildman–Crippen MR) is 111 cm³/mol. The molecule has 29 heavy (non-hydrogen) atoms. The molecule has 0 spiro atoms. The van der Waals surface area contributed by atoms with Gasteiger partial charge in [-0.15, -0.1) is 10.2 Å². The fourth-order valence-corrected chi connectivity index (χ4v) is 3.43. The first kappa shape index (κ1) is 20.7. The number of imide groups is 1. The fraction of sp³-hybridized carbons (Fsp3) is 0.300. The Morgan fingerprint density at radius 2 is 1.97 bits per heavy atom. The third-order valence-electron chi connectivity index (χ3n) is 4.15.